The molecular formula is C31H45F2N3O3. The highest BCUT2D eigenvalue weighted by molar-refractivity contribution is 5.91. The number of likely N-dealkylation sites (tertiary alicyclic amines) is 1. The van der Waals surface area contributed by atoms with Crippen LogP contribution in [0.25, 0.3) is 0 Å². The van der Waals surface area contributed by atoms with Crippen molar-refractivity contribution in [3.05, 3.63) is 83.5 Å². The zero-order chi connectivity index (χ0) is 27.3. The predicted octanol–water partition coefficient (Wildman–Crippen LogP) is 6.92. The molecule has 3 heterocycles. The number of halogens is 2. The van der Waals surface area contributed by atoms with E-state index in [4.69, 9.17) is 4.42 Å². The number of carbonyl (C=O) groups excluding carboxylic acids is 2. The zero-order valence-corrected chi connectivity index (χ0v) is 22.3. The van der Waals surface area contributed by atoms with Gasteiger partial charge in [0, 0.05) is 32.7 Å². The Morgan fingerprint density at radius 2 is 1.95 bits per heavy atom. The first-order valence-electron chi connectivity index (χ1n) is 13.6. The second-order valence-electron chi connectivity index (χ2n) is 9.42. The summed E-state index contributed by atoms with van der Waals surface area (Å²) in [7, 11) is 0. The molecule has 0 aliphatic carbocycles. The van der Waals surface area contributed by atoms with Gasteiger partial charge in [0.15, 0.2) is 5.76 Å². The van der Waals surface area contributed by atoms with Crippen LogP contribution in [0.3, 0.4) is 0 Å². The maximum Gasteiger partial charge on any atom is 0.287 e. The maximum absolute atomic E-state index is 13.8. The Morgan fingerprint density at radius 3 is 2.59 bits per heavy atom. The van der Waals surface area contributed by atoms with Crippen molar-refractivity contribution in [2.45, 2.75) is 72.3 Å². The van der Waals surface area contributed by atoms with Crippen LogP contribution in [0.4, 0.5) is 8.78 Å². The SMILES string of the molecule is C.CC.O=C(NCC(Cc1ccc(C(F)F)cc1)C(=O)N1CCCCC1CCC1=CC=CNC1)c1ccco1.[HH]. The number of benzene rings is 1. The summed E-state index contributed by atoms with van der Waals surface area (Å²) in [5.41, 5.74) is 2.05. The molecule has 2 aliphatic rings. The maximum atomic E-state index is 13.8. The largest absolute Gasteiger partial charge is 0.459 e. The van der Waals surface area contributed by atoms with E-state index in [1.165, 1.54) is 24.0 Å². The molecule has 2 N–H and O–H groups in total. The van der Waals surface area contributed by atoms with Gasteiger partial charge in [0.25, 0.3) is 12.3 Å². The summed E-state index contributed by atoms with van der Waals surface area (Å²) in [6.07, 6.45) is 10.1. The van der Waals surface area contributed by atoms with Crippen LogP contribution in [0.15, 0.2) is 71.0 Å². The van der Waals surface area contributed by atoms with Gasteiger partial charge < -0.3 is 20.0 Å². The number of hydrogen-bond donors (Lipinski definition) is 2. The molecular weight excluding hydrogens is 500 g/mol. The van der Waals surface area contributed by atoms with Gasteiger partial charge in [-0.1, -0.05) is 57.2 Å². The van der Waals surface area contributed by atoms with Crippen LogP contribution in [-0.4, -0.2) is 42.4 Å². The third-order valence-corrected chi connectivity index (χ3v) is 6.90. The predicted molar refractivity (Wildman–Crippen MR) is 154 cm³/mol. The number of allylic oxidation sites excluding steroid dienone is 2. The van der Waals surface area contributed by atoms with E-state index < -0.39 is 12.3 Å². The Balaban J connectivity index is 0.00000196. The Hall–Kier alpha value is -3.42. The van der Waals surface area contributed by atoms with Crippen molar-refractivity contribution >= 4 is 11.8 Å². The standard InChI is InChI=1S/C28H33F2N3O3.C2H6.CH4.H2/c29-26(30)22-11-8-20(9-12-22)17-23(19-32-27(34)25-7-4-16-36-25)28(35)33-15-2-1-6-24(33)13-10-21-5-3-14-31-18-21;1-2;;/h3-5,7-9,11-12,14,16,23-24,26,31H,1-2,6,10,13,15,17-19H2,(H,32,34);1-2H3;1H4;1H. The van der Waals surface area contributed by atoms with Gasteiger partial charge in [-0.2, -0.15) is 0 Å². The van der Waals surface area contributed by atoms with Crippen LogP contribution in [0.5, 0.6) is 0 Å². The van der Waals surface area contributed by atoms with Crippen molar-refractivity contribution in [2.75, 3.05) is 19.6 Å². The average molecular weight is 546 g/mol. The Morgan fingerprint density at radius 1 is 1.18 bits per heavy atom. The quantitative estimate of drug-likeness (QED) is 0.340. The van der Waals surface area contributed by atoms with Crippen molar-refractivity contribution in [1.82, 2.24) is 15.5 Å². The summed E-state index contributed by atoms with van der Waals surface area (Å²) < 4.78 is 31.2. The fraction of sp³-hybridized carbons (Fsp3) is 0.484. The third-order valence-electron chi connectivity index (χ3n) is 6.90. The molecule has 2 unspecified atom stereocenters. The van der Waals surface area contributed by atoms with Gasteiger partial charge in [-0.05, 0) is 68.5 Å². The van der Waals surface area contributed by atoms with Gasteiger partial charge in [0.05, 0.1) is 12.2 Å². The summed E-state index contributed by atoms with van der Waals surface area (Å²) in [5.74, 6) is -0.721. The van der Waals surface area contributed by atoms with E-state index in [2.05, 4.69) is 16.7 Å². The number of nitrogens with zero attached hydrogens (tertiary/aromatic N) is 1. The van der Waals surface area contributed by atoms with Crippen LogP contribution < -0.4 is 10.6 Å². The second kappa shape index (κ2) is 16.5. The van der Waals surface area contributed by atoms with Crippen LogP contribution in [0, 0.1) is 5.92 Å². The van der Waals surface area contributed by atoms with Crippen molar-refractivity contribution in [3.63, 3.8) is 0 Å². The molecule has 2 aliphatic heterocycles. The molecule has 1 saturated heterocycles. The molecule has 1 aromatic heterocycles. The molecule has 0 saturated carbocycles. The Labute approximate surface area is 233 Å². The van der Waals surface area contributed by atoms with E-state index in [1.807, 2.05) is 31.0 Å². The van der Waals surface area contributed by atoms with Gasteiger partial charge >= 0.3 is 0 Å². The summed E-state index contributed by atoms with van der Waals surface area (Å²) in [5, 5.41) is 6.06. The topological polar surface area (TPSA) is 74.6 Å². The van der Waals surface area contributed by atoms with Crippen molar-refractivity contribution < 1.29 is 24.2 Å². The highest BCUT2D eigenvalue weighted by atomic mass is 19.3. The highest BCUT2D eigenvalue weighted by Crippen LogP contribution is 2.26. The van der Waals surface area contributed by atoms with Gasteiger partial charge in [0.2, 0.25) is 5.91 Å². The van der Waals surface area contributed by atoms with Gasteiger partial charge in [-0.15, -0.1) is 0 Å². The van der Waals surface area contributed by atoms with Crippen molar-refractivity contribution in [2.24, 2.45) is 5.92 Å². The Kier molecular flexibility index (Phi) is 13.5. The molecule has 2 aromatic rings. The first-order chi connectivity index (χ1) is 18.5. The lowest BCUT2D eigenvalue weighted by Crippen LogP contribution is -2.49. The van der Waals surface area contributed by atoms with E-state index in [0.717, 1.165) is 44.2 Å². The minimum atomic E-state index is -2.54. The number of furan rings is 1. The van der Waals surface area contributed by atoms with Crippen LogP contribution in [0.2, 0.25) is 0 Å². The first-order valence-corrected chi connectivity index (χ1v) is 13.6. The third kappa shape index (κ3) is 9.37. The zero-order valence-electron chi connectivity index (χ0n) is 22.3. The number of piperidine rings is 1. The van der Waals surface area contributed by atoms with Crippen LogP contribution >= 0.6 is 0 Å². The molecule has 1 aromatic carbocycles. The van der Waals surface area contributed by atoms with E-state index >= 15 is 0 Å². The molecule has 216 valence electrons. The van der Waals surface area contributed by atoms with E-state index in [1.54, 1.807) is 24.3 Å². The molecule has 0 bridgehead atoms. The van der Waals surface area contributed by atoms with Crippen molar-refractivity contribution in [1.29, 1.82) is 0 Å². The molecule has 1 fully saturated rings. The molecule has 8 heteroatoms. The lowest BCUT2D eigenvalue weighted by Gasteiger charge is -2.38. The molecule has 4 rings (SSSR count). The smallest absolute Gasteiger partial charge is 0.287 e. The number of alkyl halides is 2. The van der Waals surface area contributed by atoms with Gasteiger partial charge in [-0.25, -0.2) is 8.78 Å². The fourth-order valence-corrected chi connectivity index (χ4v) is 4.89. The molecule has 2 atom stereocenters. The number of rotatable bonds is 10. The van der Waals surface area contributed by atoms with Crippen molar-refractivity contribution in [3.8, 4) is 0 Å². The van der Waals surface area contributed by atoms with Gasteiger partial charge in [0.1, 0.15) is 0 Å². The molecule has 0 spiro atoms. The number of amides is 2. The highest BCUT2D eigenvalue weighted by Gasteiger charge is 2.32. The average Bonchev–Trinajstić information content (AvgIpc) is 3.51. The Bertz CT molecular complexity index is 1070. The summed E-state index contributed by atoms with van der Waals surface area (Å²) in [4.78, 5) is 28.3. The number of carbonyl (C=O) groups is 2. The first kappa shape index (κ1) is 31.8. The summed E-state index contributed by atoms with van der Waals surface area (Å²) >= 11 is 0. The lowest BCUT2D eigenvalue weighted by molar-refractivity contribution is -0.139. The summed E-state index contributed by atoms with van der Waals surface area (Å²) in [6, 6.07) is 9.41. The van der Waals surface area contributed by atoms with Gasteiger partial charge in [-0.3, -0.25) is 9.59 Å². The number of hydrogen-bond acceptors (Lipinski definition) is 4. The van der Waals surface area contributed by atoms with E-state index in [-0.39, 0.29) is 44.6 Å². The van der Waals surface area contributed by atoms with Crippen LogP contribution in [-0.2, 0) is 11.2 Å². The van der Waals surface area contributed by atoms with E-state index in [9.17, 15) is 18.4 Å². The minimum absolute atomic E-state index is 0. The monoisotopic (exact) mass is 545 g/mol. The normalized spacial score (nSPS) is 17.2. The molecule has 6 nitrogen and oxygen atoms in total. The molecule has 39 heavy (non-hydrogen) atoms. The van der Waals surface area contributed by atoms with Crippen LogP contribution in [0.1, 0.15) is 82.9 Å². The minimum Gasteiger partial charge on any atom is -0.459 e. The lowest BCUT2D eigenvalue weighted by atomic mass is 9.91. The molecule has 0 radical (unpaired) electrons. The second-order valence-corrected chi connectivity index (χ2v) is 9.42. The fourth-order valence-electron chi connectivity index (χ4n) is 4.89. The summed E-state index contributed by atoms with van der Waals surface area (Å²) in [6.45, 7) is 5.65. The van der Waals surface area contributed by atoms with E-state index in [0.29, 0.717) is 13.0 Å². The number of nitrogens with one attached hydrogen (secondary N) is 2. The number of dihydropyridines is 1. The molecule has 2 amide bonds.